The van der Waals surface area contributed by atoms with Gasteiger partial charge in [0.05, 0.1) is 11.4 Å². The number of carbonyl (C=O) groups excluding carboxylic acids is 2. The van der Waals surface area contributed by atoms with Gasteiger partial charge in [-0.1, -0.05) is 12.1 Å². The fourth-order valence-electron chi connectivity index (χ4n) is 3.29. The third-order valence-corrected chi connectivity index (χ3v) is 4.61. The van der Waals surface area contributed by atoms with Crippen LogP contribution in [0.25, 0.3) is 11.5 Å². The highest BCUT2D eigenvalue weighted by molar-refractivity contribution is 6.04. The van der Waals surface area contributed by atoms with Crippen molar-refractivity contribution in [2.24, 2.45) is 0 Å². The Kier molecular flexibility index (Phi) is 4.71. The Morgan fingerprint density at radius 2 is 1.93 bits per heavy atom. The third-order valence-electron chi connectivity index (χ3n) is 4.61. The maximum absolute atomic E-state index is 13.1. The van der Waals surface area contributed by atoms with Crippen molar-refractivity contribution in [1.82, 2.24) is 9.78 Å². The van der Waals surface area contributed by atoms with Crippen molar-refractivity contribution >= 4 is 23.2 Å². The van der Waals surface area contributed by atoms with Gasteiger partial charge in [-0.15, -0.1) is 5.10 Å². The van der Waals surface area contributed by atoms with Gasteiger partial charge in [-0.25, -0.2) is 9.18 Å². The Morgan fingerprint density at radius 1 is 1.21 bits per heavy atom. The molecule has 0 radical (unpaired) electrons. The van der Waals surface area contributed by atoms with Gasteiger partial charge in [0.25, 0.3) is 0 Å². The van der Waals surface area contributed by atoms with E-state index in [2.05, 4.69) is 10.4 Å². The number of para-hydroxylation sites is 2. The normalized spacial score (nSPS) is 16.1. The molecular weight excluding hydrogens is 379 g/mol. The van der Waals surface area contributed by atoms with Crippen molar-refractivity contribution in [3.8, 4) is 11.5 Å². The number of benzene rings is 2. The number of carbonyl (C=O) groups is 2. The Bertz CT molecular complexity index is 1140. The number of hydrogen-bond acceptors (Lipinski definition) is 5. The number of fused-ring (bicyclic) bond motifs is 1. The molecule has 148 valence electrons. The van der Waals surface area contributed by atoms with Crippen LogP contribution in [-0.4, -0.2) is 27.6 Å². The van der Waals surface area contributed by atoms with E-state index in [1.807, 2.05) is 0 Å². The highest BCUT2D eigenvalue weighted by Gasteiger charge is 2.30. The highest BCUT2D eigenvalue weighted by Crippen LogP contribution is 2.31. The van der Waals surface area contributed by atoms with Crippen LogP contribution in [0.4, 0.5) is 15.8 Å². The summed E-state index contributed by atoms with van der Waals surface area (Å²) in [4.78, 5) is 38.7. The summed E-state index contributed by atoms with van der Waals surface area (Å²) in [5.74, 6) is -1.85. The largest absolute Gasteiger partial charge is 0.437 e. The van der Waals surface area contributed by atoms with Crippen LogP contribution in [0.15, 0.2) is 57.7 Å². The van der Waals surface area contributed by atoms with Crippen LogP contribution >= 0.6 is 0 Å². The molecule has 8 nitrogen and oxygen atoms in total. The molecule has 1 aliphatic rings. The van der Waals surface area contributed by atoms with Crippen LogP contribution in [0.1, 0.15) is 13.3 Å². The van der Waals surface area contributed by atoms with Crippen LogP contribution in [0, 0.1) is 5.82 Å². The van der Waals surface area contributed by atoms with E-state index in [1.165, 1.54) is 29.2 Å². The van der Waals surface area contributed by atoms with Gasteiger partial charge in [0.15, 0.2) is 0 Å². The lowest BCUT2D eigenvalue weighted by molar-refractivity contribution is -0.120. The van der Waals surface area contributed by atoms with E-state index in [4.69, 9.17) is 4.42 Å². The average molecular weight is 396 g/mol. The molecule has 9 heteroatoms. The molecule has 0 saturated heterocycles. The minimum absolute atomic E-state index is 0.0102. The molecule has 0 fully saturated rings. The quantitative estimate of drug-likeness (QED) is 0.733. The van der Waals surface area contributed by atoms with Crippen molar-refractivity contribution in [1.29, 1.82) is 0 Å². The molecule has 29 heavy (non-hydrogen) atoms. The summed E-state index contributed by atoms with van der Waals surface area (Å²) in [5.41, 5.74) is 1.49. The Balaban J connectivity index is 1.63. The Morgan fingerprint density at radius 3 is 2.69 bits per heavy atom. The summed E-state index contributed by atoms with van der Waals surface area (Å²) in [5, 5.41) is 6.83. The molecule has 1 N–H and O–H groups in total. The Labute approximate surface area is 164 Å². The zero-order valence-electron chi connectivity index (χ0n) is 15.5. The first-order valence-electron chi connectivity index (χ1n) is 8.97. The van der Waals surface area contributed by atoms with Crippen molar-refractivity contribution in [2.75, 3.05) is 10.2 Å². The number of aromatic nitrogens is 2. The smallest absolute Gasteiger partial charge is 0.388 e. The maximum atomic E-state index is 13.1. The van der Waals surface area contributed by atoms with Gasteiger partial charge in [0, 0.05) is 18.0 Å². The van der Waals surface area contributed by atoms with Crippen molar-refractivity contribution < 1.29 is 18.4 Å². The van der Waals surface area contributed by atoms with E-state index in [0.29, 0.717) is 16.9 Å². The fraction of sp³-hybridized carbons (Fsp3) is 0.200. The monoisotopic (exact) mass is 396 g/mol. The van der Waals surface area contributed by atoms with Gasteiger partial charge in [-0.2, -0.15) is 4.68 Å². The van der Waals surface area contributed by atoms with E-state index in [9.17, 15) is 18.8 Å². The minimum Gasteiger partial charge on any atom is -0.388 e. The van der Waals surface area contributed by atoms with E-state index < -0.39 is 23.5 Å². The van der Waals surface area contributed by atoms with Gasteiger partial charge in [-0.3, -0.25) is 9.59 Å². The van der Waals surface area contributed by atoms with Crippen LogP contribution < -0.4 is 16.0 Å². The molecule has 0 bridgehead atoms. The van der Waals surface area contributed by atoms with Crippen LogP contribution in [-0.2, 0) is 16.1 Å². The van der Waals surface area contributed by atoms with E-state index in [0.717, 1.165) is 4.68 Å². The molecule has 1 aliphatic heterocycles. The number of nitrogens with zero attached hydrogens (tertiary/aromatic N) is 3. The molecule has 0 spiro atoms. The summed E-state index contributed by atoms with van der Waals surface area (Å²) in [6.07, 6.45) is 0.120. The molecule has 0 aliphatic carbocycles. The van der Waals surface area contributed by atoms with E-state index in [1.54, 1.807) is 31.2 Å². The number of halogens is 1. The minimum atomic E-state index is -0.803. The van der Waals surface area contributed by atoms with Crippen molar-refractivity contribution in [3.05, 3.63) is 64.9 Å². The number of rotatable bonds is 3. The summed E-state index contributed by atoms with van der Waals surface area (Å²) in [6.45, 7) is 1.39. The number of nitrogens with one attached hydrogen (secondary N) is 1. The third kappa shape index (κ3) is 3.66. The second kappa shape index (κ2) is 7.34. The molecule has 0 saturated carbocycles. The first-order valence-corrected chi connectivity index (χ1v) is 8.97. The van der Waals surface area contributed by atoms with Gasteiger partial charge in [0.2, 0.25) is 17.7 Å². The predicted molar refractivity (Wildman–Crippen MR) is 103 cm³/mol. The summed E-state index contributed by atoms with van der Waals surface area (Å²) in [6, 6.07) is 11.8. The lowest BCUT2D eigenvalue weighted by Crippen LogP contribution is -2.42. The first kappa shape index (κ1) is 18.6. The Hall–Kier alpha value is -3.75. The summed E-state index contributed by atoms with van der Waals surface area (Å²) < 4.78 is 19.1. The second-order valence-corrected chi connectivity index (χ2v) is 6.72. The zero-order chi connectivity index (χ0) is 20.5. The van der Waals surface area contributed by atoms with Crippen LogP contribution in [0.3, 0.4) is 0 Å². The molecule has 3 aromatic rings. The van der Waals surface area contributed by atoms with E-state index in [-0.39, 0.29) is 24.8 Å². The van der Waals surface area contributed by atoms with Crippen LogP contribution in [0.5, 0.6) is 0 Å². The maximum Gasteiger partial charge on any atom is 0.437 e. The molecule has 2 amide bonds. The van der Waals surface area contributed by atoms with Gasteiger partial charge < -0.3 is 14.6 Å². The van der Waals surface area contributed by atoms with Gasteiger partial charge in [0.1, 0.15) is 12.4 Å². The fourth-order valence-corrected chi connectivity index (χ4v) is 3.29. The highest BCUT2D eigenvalue weighted by atomic mass is 19.1. The number of amides is 2. The van der Waals surface area contributed by atoms with Gasteiger partial charge in [-0.05, 0) is 43.3 Å². The molecule has 4 rings (SSSR count). The first-order chi connectivity index (χ1) is 13.9. The van der Waals surface area contributed by atoms with Crippen LogP contribution in [0.2, 0.25) is 0 Å². The van der Waals surface area contributed by atoms with Crippen molar-refractivity contribution in [2.45, 2.75) is 25.9 Å². The standard InChI is InChI=1S/C20H17FN4O4/c1-12-10-17(26)22-15-4-2-3-5-16(15)25(12)18(27)11-24-20(28)29-19(23-24)13-6-8-14(21)9-7-13/h2-9,12H,10-11H2,1H3,(H,22,26)/t12-/m0/s1. The topological polar surface area (TPSA) is 97.4 Å². The predicted octanol–water partition coefficient (Wildman–Crippen LogP) is 2.41. The lowest BCUT2D eigenvalue weighted by Gasteiger charge is -2.27. The average Bonchev–Trinajstić information content (AvgIpc) is 2.97. The molecule has 1 atom stereocenters. The SMILES string of the molecule is C[C@H]1CC(=O)Nc2ccccc2N1C(=O)Cn1nc(-c2ccc(F)cc2)oc1=O. The van der Waals surface area contributed by atoms with Gasteiger partial charge >= 0.3 is 5.76 Å². The molecule has 0 unspecified atom stereocenters. The molecule has 2 heterocycles. The van der Waals surface area contributed by atoms with Crippen molar-refractivity contribution in [3.63, 3.8) is 0 Å². The summed E-state index contributed by atoms with van der Waals surface area (Å²) >= 11 is 0. The second-order valence-electron chi connectivity index (χ2n) is 6.72. The lowest BCUT2D eigenvalue weighted by atomic mass is 10.1. The molecular formula is C20H17FN4O4. The van der Waals surface area contributed by atoms with E-state index >= 15 is 0 Å². The molecule has 2 aromatic carbocycles. The summed E-state index contributed by atoms with van der Waals surface area (Å²) in [7, 11) is 0. The number of anilines is 2. The molecule has 1 aromatic heterocycles. The zero-order valence-corrected chi connectivity index (χ0v) is 15.5. The number of hydrogen-bond donors (Lipinski definition) is 1.